The molecule has 0 aromatic heterocycles. The lowest BCUT2D eigenvalue weighted by atomic mass is 10.3. The molecule has 0 N–H and O–H groups in total. The normalized spacial score (nSPS) is 14.0. The Balaban J connectivity index is 4.63. The maximum Gasteiger partial charge on any atom is 0.353 e. The van der Waals surface area contributed by atoms with Crippen molar-refractivity contribution < 1.29 is 22.7 Å². The lowest BCUT2D eigenvalue weighted by molar-refractivity contribution is 0.178. The van der Waals surface area contributed by atoms with Crippen LogP contribution in [0, 0.1) is 11.3 Å². The Labute approximate surface area is 147 Å². The summed E-state index contributed by atoms with van der Waals surface area (Å²) in [6.07, 6.45) is 2.60. The Morgan fingerprint density at radius 2 is 1.67 bits per heavy atom. The van der Waals surface area contributed by atoms with Gasteiger partial charge in [0.1, 0.15) is 0 Å². The highest BCUT2D eigenvalue weighted by atomic mass is 31.2. The van der Waals surface area contributed by atoms with Crippen molar-refractivity contribution in [2.75, 3.05) is 27.4 Å². The van der Waals surface area contributed by atoms with Crippen molar-refractivity contribution in [3.63, 3.8) is 0 Å². The van der Waals surface area contributed by atoms with Crippen LogP contribution in [0.3, 0.4) is 0 Å². The van der Waals surface area contributed by atoms with Crippen LogP contribution in [0.5, 0.6) is 0 Å². The Bertz CT molecular complexity index is 436. The maximum absolute atomic E-state index is 11.9. The van der Waals surface area contributed by atoms with Crippen LogP contribution in [-0.2, 0) is 22.7 Å². The second-order valence-corrected chi connectivity index (χ2v) is 9.02. The lowest BCUT2D eigenvalue weighted by Crippen LogP contribution is -2.33. The highest BCUT2D eigenvalue weighted by Crippen LogP contribution is 2.48. The summed E-state index contributed by atoms with van der Waals surface area (Å²) in [5.41, 5.74) is 0. The van der Waals surface area contributed by atoms with Crippen molar-refractivity contribution in [3.05, 3.63) is 11.9 Å². The fourth-order valence-electron chi connectivity index (χ4n) is 1.91. The zero-order valence-corrected chi connectivity index (χ0v) is 17.3. The smallest absolute Gasteiger partial charge is 0.322 e. The molecule has 7 nitrogen and oxygen atoms in total. The van der Waals surface area contributed by atoms with Gasteiger partial charge in [0.2, 0.25) is 0 Å². The largest absolute Gasteiger partial charge is 0.353 e. The van der Waals surface area contributed by atoms with Gasteiger partial charge >= 0.3 is 7.60 Å². The van der Waals surface area contributed by atoms with Gasteiger partial charge in [-0.15, -0.1) is 0 Å². The van der Waals surface area contributed by atoms with E-state index in [2.05, 4.69) is 38.4 Å². The molecule has 9 heteroatoms. The summed E-state index contributed by atoms with van der Waals surface area (Å²) < 4.78 is 35.4. The van der Waals surface area contributed by atoms with E-state index in [1.165, 1.54) is 20.0 Å². The van der Waals surface area contributed by atoms with E-state index < -0.39 is 16.1 Å². The van der Waals surface area contributed by atoms with Crippen molar-refractivity contribution in [1.29, 1.82) is 5.26 Å². The zero-order valence-electron chi connectivity index (χ0n) is 15.5. The minimum Gasteiger partial charge on any atom is -0.322 e. The predicted octanol–water partition coefficient (Wildman–Crippen LogP) is 4.67. The minimum atomic E-state index is -3.13. The van der Waals surface area contributed by atoms with Crippen LogP contribution in [0.1, 0.15) is 40.5 Å². The van der Waals surface area contributed by atoms with E-state index >= 15 is 0 Å². The average molecular weight is 380 g/mol. The molecule has 0 rings (SSSR count). The average Bonchev–Trinajstić information content (AvgIpc) is 2.53. The topological polar surface area (TPSA) is 81.0 Å². The molecule has 0 heterocycles. The summed E-state index contributed by atoms with van der Waals surface area (Å²) in [6.45, 7) is 9.09. The summed E-state index contributed by atoms with van der Waals surface area (Å²) in [6, 6.07) is 2.59. The summed E-state index contributed by atoms with van der Waals surface area (Å²) >= 11 is 0. The molecule has 1 unspecified atom stereocenters. The van der Waals surface area contributed by atoms with Crippen LogP contribution < -0.4 is 0 Å². The van der Waals surface area contributed by atoms with E-state index in [1.807, 2.05) is 0 Å². The predicted molar refractivity (Wildman–Crippen MR) is 96.5 cm³/mol. The fraction of sp³-hybridized carbons (Fsp3) is 0.800. The van der Waals surface area contributed by atoms with Gasteiger partial charge in [-0.3, -0.25) is 4.57 Å². The lowest BCUT2D eigenvalue weighted by Gasteiger charge is -2.35. The van der Waals surface area contributed by atoms with Crippen LogP contribution in [0.25, 0.3) is 0 Å². The van der Waals surface area contributed by atoms with E-state index in [0.29, 0.717) is 26.1 Å². The summed E-state index contributed by atoms with van der Waals surface area (Å²) in [5, 5.41) is 8.67. The molecule has 0 spiro atoms. The van der Waals surface area contributed by atoms with Gasteiger partial charge in [0.05, 0.1) is 25.7 Å². The molecular formula is C15H30N2O5P2. The second-order valence-electron chi connectivity index (χ2n) is 5.46. The first kappa shape index (κ1) is 23.7. The number of hydrogen-bond acceptors (Lipinski definition) is 7. The van der Waals surface area contributed by atoms with Crippen molar-refractivity contribution >= 4 is 16.1 Å². The molecule has 0 aliphatic heterocycles. The number of nitrogens with zero attached hydrogens (tertiary/aromatic N) is 2. The van der Waals surface area contributed by atoms with Gasteiger partial charge in [-0.05, 0) is 34.1 Å². The fourth-order valence-corrected chi connectivity index (χ4v) is 4.32. The van der Waals surface area contributed by atoms with E-state index in [9.17, 15) is 4.57 Å². The highest BCUT2D eigenvalue weighted by molar-refractivity contribution is 7.57. The molecule has 0 bridgehead atoms. The minimum absolute atomic E-state index is 0.260. The van der Waals surface area contributed by atoms with Crippen LogP contribution in [0.15, 0.2) is 11.9 Å². The molecule has 0 radical (unpaired) electrons. The molecule has 140 valence electrons. The molecule has 0 aliphatic carbocycles. The van der Waals surface area contributed by atoms with E-state index in [1.54, 1.807) is 6.08 Å². The number of hydrogen-bond donors (Lipinski definition) is 0. The maximum atomic E-state index is 11.9. The first-order chi connectivity index (χ1) is 11.3. The van der Waals surface area contributed by atoms with E-state index in [0.717, 1.165) is 0 Å². The second kappa shape index (κ2) is 13.0. The van der Waals surface area contributed by atoms with Gasteiger partial charge in [-0.25, -0.2) is 4.67 Å². The molecule has 0 aromatic carbocycles. The first-order valence-electron chi connectivity index (χ1n) is 7.91. The van der Waals surface area contributed by atoms with Gasteiger partial charge in [0.15, 0.2) is 0 Å². The monoisotopic (exact) mass is 380 g/mol. The number of rotatable bonds is 13. The third kappa shape index (κ3) is 9.25. The quantitative estimate of drug-likeness (QED) is 0.339. The van der Waals surface area contributed by atoms with Crippen LogP contribution >= 0.6 is 16.1 Å². The molecule has 0 amide bonds. The van der Waals surface area contributed by atoms with Gasteiger partial charge in [-0.2, -0.15) is 5.26 Å². The van der Waals surface area contributed by atoms with Crippen LogP contribution in [0.2, 0.25) is 0 Å². The molecule has 24 heavy (non-hydrogen) atoms. The Morgan fingerprint density at radius 1 is 1.12 bits per heavy atom. The standard InChI is InChI=1S/C15H30N2O5P2/c1-14(2)17(15(3)4)23(22-12-9-10-16)21-11-7-8-13-24(18,19-5)20-6/h8,13-15H,7,9,11-12H2,1-6H3. The summed E-state index contributed by atoms with van der Waals surface area (Å²) in [4.78, 5) is 0. The first-order valence-corrected chi connectivity index (χ1v) is 10.7. The Kier molecular flexibility index (Phi) is 12.8. The Hall–Kier alpha value is -0.310. The molecule has 0 fully saturated rings. The molecular weight excluding hydrogens is 350 g/mol. The van der Waals surface area contributed by atoms with Crippen LogP contribution in [0.4, 0.5) is 0 Å². The summed E-state index contributed by atoms with van der Waals surface area (Å²) in [7, 11) is -1.69. The molecule has 0 aliphatic rings. The third-order valence-electron chi connectivity index (χ3n) is 2.95. The molecule has 0 aromatic rings. The molecule has 0 saturated heterocycles. The van der Waals surface area contributed by atoms with E-state index in [4.69, 9.17) is 23.4 Å². The zero-order chi connectivity index (χ0) is 18.6. The molecule has 1 atom stereocenters. The van der Waals surface area contributed by atoms with E-state index in [-0.39, 0.29) is 12.1 Å². The van der Waals surface area contributed by atoms with Crippen molar-refractivity contribution in [2.45, 2.75) is 52.6 Å². The van der Waals surface area contributed by atoms with Gasteiger partial charge < -0.3 is 18.1 Å². The third-order valence-corrected chi connectivity index (χ3v) is 6.65. The van der Waals surface area contributed by atoms with Gasteiger partial charge in [-0.1, -0.05) is 6.08 Å². The highest BCUT2D eigenvalue weighted by Gasteiger charge is 2.26. The number of nitriles is 1. The SMILES string of the molecule is COP(=O)(C=CCCOP(OCCC#N)N(C(C)C)C(C)C)OC. The van der Waals surface area contributed by atoms with Crippen molar-refractivity contribution in [3.8, 4) is 6.07 Å². The summed E-state index contributed by atoms with van der Waals surface area (Å²) in [5.74, 6) is 1.43. The van der Waals surface area contributed by atoms with Gasteiger partial charge in [0.25, 0.3) is 8.53 Å². The van der Waals surface area contributed by atoms with Crippen molar-refractivity contribution in [2.24, 2.45) is 0 Å². The van der Waals surface area contributed by atoms with Crippen LogP contribution in [-0.4, -0.2) is 44.2 Å². The van der Waals surface area contributed by atoms with Crippen molar-refractivity contribution in [1.82, 2.24) is 4.67 Å². The van der Waals surface area contributed by atoms with Gasteiger partial charge in [0, 0.05) is 32.1 Å². The molecule has 0 saturated carbocycles. The Morgan fingerprint density at radius 3 is 2.12 bits per heavy atom.